The predicted octanol–water partition coefficient (Wildman–Crippen LogP) is 3.86. The van der Waals surface area contributed by atoms with E-state index in [1.54, 1.807) is 13.3 Å². The third-order valence-corrected chi connectivity index (χ3v) is 4.32. The molecule has 1 heterocycles. The number of ether oxygens (including phenoxy) is 1. The molecule has 106 valence electrons. The van der Waals surface area contributed by atoms with E-state index in [0.29, 0.717) is 0 Å². The SMILES string of the molecule is CCNC(c1cccc(C)c1Br)c1ncccc1OC. The van der Waals surface area contributed by atoms with Crippen molar-refractivity contribution in [2.75, 3.05) is 13.7 Å². The molecule has 0 saturated heterocycles. The van der Waals surface area contributed by atoms with Gasteiger partial charge in [0, 0.05) is 10.7 Å². The lowest BCUT2D eigenvalue weighted by atomic mass is 10.0. The monoisotopic (exact) mass is 334 g/mol. The minimum absolute atomic E-state index is 0.00502. The second-order valence-corrected chi connectivity index (χ2v) is 5.35. The minimum Gasteiger partial charge on any atom is -0.495 e. The van der Waals surface area contributed by atoms with Crippen molar-refractivity contribution in [3.8, 4) is 5.75 Å². The molecule has 0 bridgehead atoms. The van der Waals surface area contributed by atoms with Crippen LogP contribution >= 0.6 is 15.9 Å². The fourth-order valence-corrected chi connectivity index (χ4v) is 2.74. The molecule has 0 saturated carbocycles. The molecule has 0 radical (unpaired) electrons. The van der Waals surface area contributed by atoms with E-state index in [4.69, 9.17) is 4.74 Å². The summed E-state index contributed by atoms with van der Waals surface area (Å²) >= 11 is 3.69. The number of hydrogen-bond donors (Lipinski definition) is 1. The third-order valence-electron chi connectivity index (χ3n) is 3.23. The van der Waals surface area contributed by atoms with E-state index >= 15 is 0 Å². The van der Waals surface area contributed by atoms with E-state index in [1.165, 1.54) is 11.1 Å². The Bertz CT molecular complexity index is 586. The van der Waals surface area contributed by atoms with Gasteiger partial charge in [0.25, 0.3) is 0 Å². The van der Waals surface area contributed by atoms with Gasteiger partial charge in [0.15, 0.2) is 0 Å². The molecule has 2 rings (SSSR count). The second kappa shape index (κ2) is 6.86. The van der Waals surface area contributed by atoms with Crippen molar-refractivity contribution in [2.45, 2.75) is 19.9 Å². The normalized spacial score (nSPS) is 12.2. The van der Waals surface area contributed by atoms with Gasteiger partial charge < -0.3 is 10.1 Å². The first-order chi connectivity index (χ1) is 9.69. The molecule has 0 fully saturated rings. The van der Waals surface area contributed by atoms with E-state index in [0.717, 1.165) is 22.5 Å². The highest BCUT2D eigenvalue weighted by Gasteiger charge is 2.21. The third kappa shape index (κ3) is 3.02. The van der Waals surface area contributed by atoms with Crippen LogP contribution in [0, 0.1) is 6.92 Å². The maximum Gasteiger partial charge on any atom is 0.142 e. The number of benzene rings is 1. The zero-order valence-electron chi connectivity index (χ0n) is 12.0. The summed E-state index contributed by atoms with van der Waals surface area (Å²) in [6, 6.07) is 10.1. The first-order valence-electron chi connectivity index (χ1n) is 6.66. The average molecular weight is 335 g/mol. The number of nitrogens with one attached hydrogen (secondary N) is 1. The van der Waals surface area contributed by atoms with Gasteiger partial charge in [-0.05, 0) is 36.7 Å². The molecule has 1 aromatic heterocycles. The van der Waals surface area contributed by atoms with Crippen molar-refractivity contribution in [3.63, 3.8) is 0 Å². The summed E-state index contributed by atoms with van der Waals surface area (Å²) in [5.74, 6) is 0.798. The fourth-order valence-electron chi connectivity index (χ4n) is 2.24. The van der Waals surface area contributed by atoms with Gasteiger partial charge in [-0.25, -0.2) is 0 Å². The average Bonchev–Trinajstić information content (AvgIpc) is 2.48. The van der Waals surface area contributed by atoms with Crippen molar-refractivity contribution in [2.24, 2.45) is 0 Å². The molecular weight excluding hydrogens is 316 g/mol. The van der Waals surface area contributed by atoms with Gasteiger partial charge >= 0.3 is 0 Å². The Morgan fingerprint density at radius 3 is 2.80 bits per heavy atom. The number of nitrogens with zero attached hydrogens (tertiary/aromatic N) is 1. The number of methoxy groups -OCH3 is 1. The first-order valence-corrected chi connectivity index (χ1v) is 7.45. The Kier molecular flexibility index (Phi) is 5.15. The molecule has 0 aliphatic carbocycles. The smallest absolute Gasteiger partial charge is 0.142 e. The van der Waals surface area contributed by atoms with Crippen LogP contribution in [0.4, 0.5) is 0 Å². The molecule has 3 nitrogen and oxygen atoms in total. The minimum atomic E-state index is 0.00502. The Morgan fingerprint density at radius 2 is 2.10 bits per heavy atom. The molecule has 20 heavy (non-hydrogen) atoms. The molecule has 1 N–H and O–H groups in total. The fraction of sp³-hybridized carbons (Fsp3) is 0.312. The second-order valence-electron chi connectivity index (χ2n) is 4.56. The number of hydrogen-bond acceptors (Lipinski definition) is 3. The lowest BCUT2D eigenvalue weighted by molar-refractivity contribution is 0.400. The molecule has 2 aromatic rings. The summed E-state index contributed by atoms with van der Waals surface area (Å²) in [7, 11) is 1.68. The van der Waals surface area contributed by atoms with Gasteiger partial charge in [0.1, 0.15) is 11.4 Å². The van der Waals surface area contributed by atoms with Crippen molar-refractivity contribution < 1.29 is 4.74 Å². The lowest BCUT2D eigenvalue weighted by Gasteiger charge is -2.21. The first kappa shape index (κ1) is 15.0. The maximum absolute atomic E-state index is 5.45. The molecular formula is C16H19BrN2O. The van der Waals surface area contributed by atoms with E-state index in [2.05, 4.69) is 58.3 Å². The van der Waals surface area contributed by atoms with E-state index in [-0.39, 0.29) is 6.04 Å². The van der Waals surface area contributed by atoms with Gasteiger partial charge in [-0.1, -0.05) is 41.1 Å². The lowest BCUT2D eigenvalue weighted by Crippen LogP contribution is -2.24. The summed E-state index contributed by atoms with van der Waals surface area (Å²) in [5, 5.41) is 3.49. The summed E-state index contributed by atoms with van der Waals surface area (Å²) in [6.07, 6.45) is 1.80. The molecule has 1 aromatic carbocycles. The zero-order chi connectivity index (χ0) is 14.5. The van der Waals surface area contributed by atoms with Gasteiger partial charge in [0.05, 0.1) is 13.2 Å². The van der Waals surface area contributed by atoms with E-state index in [1.807, 2.05) is 12.1 Å². The van der Waals surface area contributed by atoms with Gasteiger partial charge in [-0.15, -0.1) is 0 Å². The number of aryl methyl sites for hydroxylation is 1. The van der Waals surface area contributed by atoms with Gasteiger partial charge in [-0.2, -0.15) is 0 Å². The number of aromatic nitrogens is 1. The quantitative estimate of drug-likeness (QED) is 0.901. The van der Waals surface area contributed by atoms with Crippen LogP contribution in [-0.2, 0) is 0 Å². The highest BCUT2D eigenvalue weighted by molar-refractivity contribution is 9.10. The topological polar surface area (TPSA) is 34.2 Å². The Morgan fingerprint density at radius 1 is 1.30 bits per heavy atom. The number of pyridine rings is 1. The van der Waals surface area contributed by atoms with Gasteiger partial charge in [-0.3, -0.25) is 4.98 Å². The number of rotatable bonds is 5. The zero-order valence-corrected chi connectivity index (χ0v) is 13.6. The van der Waals surface area contributed by atoms with Crippen LogP contribution in [0.15, 0.2) is 41.0 Å². The van der Waals surface area contributed by atoms with Crippen LogP contribution in [0.25, 0.3) is 0 Å². The highest BCUT2D eigenvalue weighted by Crippen LogP contribution is 2.33. The van der Waals surface area contributed by atoms with Gasteiger partial charge in [0.2, 0.25) is 0 Å². The van der Waals surface area contributed by atoms with Crippen molar-refractivity contribution in [1.82, 2.24) is 10.3 Å². The molecule has 0 spiro atoms. The van der Waals surface area contributed by atoms with Crippen molar-refractivity contribution in [1.29, 1.82) is 0 Å². The van der Waals surface area contributed by atoms with E-state index < -0.39 is 0 Å². The van der Waals surface area contributed by atoms with Crippen LogP contribution in [-0.4, -0.2) is 18.6 Å². The van der Waals surface area contributed by atoms with Crippen molar-refractivity contribution in [3.05, 3.63) is 57.8 Å². The van der Waals surface area contributed by atoms with Crippen LogP contribution in [0.2, 0.25) is 0 Å². The van der Waals surface area contributed by atoms with Crippen LogP contribution < -0.4 is 10.1 Å². The summed E-state index contributed by atoms with van der Waals surface area (Å²) in [4.78, 5) is 4.51. The standard InChI is InChI=1S/C16H19BrN2O/c1-4-18-15(12-8-5-7-11(2)14(12)17)16-13(20-3)9-6-10-19-16/h5-10,15,18H,4H2,1-3H3. The molecule has 0 aliphatic heterocycles. The summed E-state index contributed by atoms with van der Waals surface area (Å²) in [5.41, 5.74) is 3.28. The summed E-state index contributed by atoms with van der Waals surface area (Å²) < 4.78 is 6.56. The Balaban J connectivity index is 2.53. The van der Waals surface area contributed by atoms with Crippen LogP contribution in [0.3, 0.4) is 0 Å². The predicted molar refractivity (Wildman–Crippen MR) is 85.2 cm³/mol. The molecule has 1 unspecified atom stereocenters. The van der Waals surface area contributed by atoms with E-state index in [9.17, 15) is 0 Å². The van der Waals surface area contributed by atoms with Crippen LogP contribution in [0.1, 0.15) is 29.8 Å². The summed E-state index contributed by atoms with van der Waals surface area (Å²) in [6.45, 7) is 5.03. The number of halogens is 1. The van der Waals surface area contributed by atoms with Crippen LogP contribution in [0.5, 0.6) is 5.75 Å². The Hall–Kier alpha value is -1.39. The van der Waals surface area contributed by atoms with Crippen molar-refractivity contribution >= 4 is 15.9 Å². The highest BCUT2D eigenvalue weighted by atomic mass is 79.9. The maximum atomic E-state index is 5.45. The molecule has 0 amide bonds. The molecule has 1 atom stereocenters. The molecule has 4 heteroatoms. The molecule has 0 aliphatic rings. The largest absolute Gasteiger partial charge is 0.495 e. The Labute approximate surface area is 128 Å².